The van der Waals surface area contributed by atoms with Crippen molar-refractivity contribution in [3.8, 4) is 0 Å². The topological polar surface area (TPSA) is 86.8 Å². The molecule has 0 spiro atoms. The molecule has 0 atom stereocenters. The van der Waals surface area contributed by atoms with Crippen LogP contribution < -0.4 is 10.2 Å². The van der Waals surface area contributed by atoms with Crippen LogP contribution in [0.25, 0.3) is 0 Å². The monoisotopic (exact) mass is 497 g/mol. The number of sulfonamides is 1. The van der Waals surface area contributed by atoms with E-state index < -0.39 is 15.9 Å². The van der Waals surface area contributed by atoms with Crippen LogP contribution in [0.4, 0.5) is 11.4 Å². The molecular formula is C25H24ClN3O4S. The van der Waals surface area contributed by atoms with Crippen LogP contribution >= 0.6 is 11.6 Å². The molecule has 9 heteroatoms. The van der Waals surface area contributed by atoms with Gasteiger partial charge < -0.3 is 10.2 Å². The molecule has 1 heterocycles. The summed E-state index contributed by atoms with van der Waals surface area (Å²) in [4.78, 5) is 26.6. The Kier molecular flexibility index (Phi) is 7.02. The first kappa shape index (κ1) is 23.9. The Morgan fingerprint density at radius 2 is 1.59 bits per heavy atom. The van der Waals surface area contributed by atoms with Crippen molar-refractivity contribution >= 4 is 44.7 Å². The zero-order chi connectivity index (χ0) is 24.3. The van der Waals surface area contributed by atoms with Crippen molar-refractivity contribution in [3.05, 3.63) is 88.9 Å². The second-order valence-electron chi connectivity index (χ2n) is 7.96. The van der Waals surface area contributed by atoms with Crippen LogP contribution in [0.2, 0.25) is 5.02 Å². The number of para-hydroxylation sites is 1. The summed E-state index contributed by atoms with van der Waals surface area (Å²) in [6, 6.07) is 20.5. The number of benzene rings is 3. The number of carbonyl (C=O) groups is 2. The van der Waals surface area contributed by atoms with Crippen molar-refractivity contribution in [1.82, 2.24) is 4.31 Å². The predicted octanol–water partition coefficient (Wildman–Crippen LogP) is 4.31. The SMILES string of the molecule is CC(=O)c1cccc(NC(=O)c2cc(S(=O)(=O)N3CCN(c4ccccc4)CC3)ccc2Cl)c1. The number of hydrogen-bond acceptors (Lipinski definition) is 5. The molecular weight excluding hydrogens is 474 g/mol. The second-order valence-corrected chi connectivity index (χ2v) is 10.3. The number of nitrogens with one attached hydrogen (secondary N) is 1. The van der Waals surface area contributed by atoms with Gasteiger partial charge in [0.15, 0.2) is 5.78 Å². The number of piperazine rings is 1. The molecule has 4 rings (SSSR count). The van der Waals surface area contributed by atoms with Crippen molar-refractivity contribution in [1.29, 1.82) is 0 Å². The summed E-state index contributed by atoms with van der Waals surface area (Å²) in [5.74, 6) is -0.689. The Hall–Kier alpha value is -3.20. The Balaban J connectivity index is 1.51. The number of ketones is 1. The third kappa shape index (κ3) is 5.14. The molecule has 176 valence electrons. The number of anilines is 2. The first-order valence-corrected chi connectivity index (χ1v) is 12.6. The summed E-state index contributed by atoms with van der Waals surface area (Å²) in [5, 5.41) is 2.82. The van der Waals surface area contributed by atoms with E-state index in [-0.39, 0.29) is 21.3 Å². The predicted molar refractivity (Wildman–Crippen MR) is 133 cm³/mol. The lowest BCUT2D eigenvalue weighted by Crippen LogP contribution is -2.48. The van der Waals surface area contributed by atoms with E-state index in [0.29, 0.717) is 37.4 Å². The number of Topliss-reactive ketones (excluding diaryl/α,β-unsaturated/α-hetero) is 1. The maximum Gasteiger partial charge on any atom is 0.257 e. The van der Waals surface area contributed by atoms with E-state index in [9.17, 15) is 18.0 Å². The van der Waals surface area contributed by atoms with Crippen LogP contribution in [0.1, 0.15) is 27.6 Å². The summed E-state index contributed by atoms with van der Waals surface area (Å²) in [5.41, 5.74) is 1.96. The van der Waals surface area contributed by atoms with Crippen LogP contribution in [-0.4, -0.2) is 50.6 Å². The maximum atomic E-state index is 13.3. The Labute approximate surface area is 204 Å². The van der Waals surface area contributed by atoms with E-state index in [4.69, 9.17) is 11.6 Å². The fraction of sp³-hybridized carbons (Fsp3) is 0.200. The Morgan fingerprint density at radius 1 is 0.882 bits per heavy atom. The molecule has 1 saturated heterocycles. The molecule has 0 saturated carbocycles. The zero-order valence-corrected chi connectivity index (χ0v) is 20.1. The van der Waals surface area contributed by atoms with Crippen LogP contribution in [0.3, 0.4) is 0 Å². The quantitative estimate of drug-likeness (QED) is 0.513. The molecule has 1 amide bonds. The fourth-order valence-corrected chi connectivity index (χ4v) is 5.48. The van der Waals surface area contributed by atoms with Gasteiger partial charge in [-0.15, -0.1) is 0 Å². The van der Waals surface area contributed by atoms with Crippen molar-refractivity contribution in [2.75, 3.05) is 36.4 Å². The Bertz CT molecular complexity index is 1320. The summed E-state index contributed by atoms with van der Waals surface area (Å²) in [6.07, 6.45) is 0. The van der Waals surface area contributed by atoms with Crippen LogP contribution in [0.5, 0.6) is 0 Å². The van der Waals surface area contributed by atoms with Crippen LogP contribution in [0.15, 0.2) is 77.7 Å². The van der Waals surface area contributed by atoms with E-state index in [1.54, 1.807) is 24.3 Å². The fourth-order valence-electron chi connectivity index (χ4n) is 3.83. The van der Waals surface area contributed by atoms with Gasteiger partial charge in [0.25, 0.3) is 5.91 Å². The highest BCUT2D eigenvalue weighted by Crippen LogP contribution is 2.26. The highest BCUT2D eigenvalue weighted by molar-refractivity contribution is 7.89. The molecule has 0 unspecified atom stereocenters. The van der Waals surface area contributed by atoms with Gasteiger partial charge >= 0.3 is 0 Å². The number of amides is 1. The van der Waals surface area contributed by atoms with Crippen molar-refractivity contribution < 1.29 is 18.0 Å². The highest BCUT2D eigenvalue weighted by atomic mass is 35.5. The Morgan fingerprint density at radius 3 is 2.26 bits per heavy atom. The first-order valence-electron chi connectivity index (χ1n) is 10.8. The van der Waals surface area contributed by atoms with E-state index in [1.807, 2.05) is 30.3 Å². The maximum absolute atomic E-state index is 13.3. The molecule has 34 heavy (non-hydrogen) atoms. The van der Waals surface area contributed by atoms with Gasteiger partial charge in [0.1, 0.15) is 0 Å². The average molecular weight is 498 g/mol. The van der Waals surface area contributed by atoms with Gasteiger partial charge in [-0.05, 0) is 49.4 Å². The standard InChI is InChI=1S/C25H24ClN3O4S/c1-18(30)19-6-5-7-20(16-19)27-25(31)23-17-22(10-11-24(23)26)34(32,33)29-14-12-28(13-15-29)21-8-3-2-4-9-21/h2-11,16-17H,12-15H2,1H3,(H,27,31). The third-order valence-electron chi connectivity index (χ3n) is 5.71. The molecule has 1 aliphatic heterocycles. The second kappa shape index (κ2) is 9.97. The highest BCUT2D eigenvalue weighted by Gasteiger charge is 2.29. The average Bonchev–Trinajstić information content (AvgIpc) is 2.85. The van der Waals surface area contributed by atoms with Gasteiger partial charge in [-0.1, -0.05) is 41.9 Å². The molecule has 0 bridgehead atoms. The van der Waals surface area contributed by atoms with Crippen LogP contribution in [0, 0.1) is 0 Å². The van der Waals surface area contributed by atoms with Gasteiger partial charge in [0.2, 0.25) is 10.0 Å². The largest absolute Gasteiger partial charge is 0.369 e. The van der Waals surface area contributed by atoms with E-state index in [0.717, 1.165) is 5.69 Å². The number of halogens is 1. The molecule has 3 aromatic carbocycles. The summed E-state index contributed by atoms with van der Waals surface area (Å²) >= 11 is 6.23. The zero-order valence-electron chi connectivity index (χ0n) is 18.6. The molecule has 0 aromatic heterocycles. The lowest BCUT2D eigenvalue weighted by atomic mass is 10.1. The minimum absolute atomic E-state index is 0.00713. The third-order valence-corrected chi connectivity index (χ3v) is 7.93. The van der Waals surface area contributed by atoms with E-state index >= 15 is 0 Å². The van der Waals surface area contributed by atoms with Crippen molar-refractivity contribution in [2.24, 2.45) is 0 Å². The van der Waals surface area contributed by atoms with E-state index in [2.05, 4.69) is 10.2 Å². The smallest absolute Gasteiger partial charge is 0.257 e. The summed E-state index contributed by atoms with van der Waals surface area (Å²) < 4.78 is 28.0. The first-order chi connectivity index (χ1) is 16.3. The normalized spacial score (nSPS) is 14.6. The molecule has 0 aliphatic carbocycles. The molecule has 1 aliphatic rings. The van der Waals surface area contributed by atoms with Gasteiger partial charge in [-0.3, -0.25) is 9.59 Å². The minimum atomic E-state index is -3.81. The molecule has 1 N–H and O–H groups in total. The van der Waals surface area contributed by atoms with E-state index in [1.165, 1.54) is 29.4 Å². The number of rotatable bonds is 6. The van der Waals surface area contributed by atoms with Gasteiger partial charge in [0.05, 0.1) is 15.5 Å². The molecule has 1 fully saturated rings. The molecule has 3 aromatic rings. The summed E-state index contributed by atoms with van der Waals surface area (Å²) in [7, 11) is -3.81. The number of carbonyl (C=O) groups excluding carboxylic acids is 2. The van der Waals surface area contributed by atoms with Gasteiger partial charge in [-0.25, -0.2) is 8.42 Å². The van der Waals surface area contributed by atoms with Crippen LogP contribution in [-0.2, 0) is 10.0 Å². The van der Waals surface area contributed by atoms with Gasteiger partial charge in [0, 0.05) is 43.1 Å². The number of nitrogens with zero attached hydrogens (tertiary/aromatic N) is 2. The lowest BCUT2D eigenvalue weighted by molar-refractivity contribution is 0.101. The minimum Gasteiger partial charge on any atom is -0.369 e. The van der Waals surface area contributed by atoms with Gasteiger partial charge in [-0.2, -0.15) is 4.31 Å². The van der Waals surface area contributed by atoms with Crippen molar-refractivity contribution in [2.45, 2.75) is 11.8 Å². The lowest BCUT2D eigenvalue weighted by Gasteiger charge is -2.35. The number of hydrogen-bond donors (Lipinski definition) is 1. The molecule has 7 nitrogen and oxygen atoms in total. The van der Waals surface area contributed by atoms with Crippen molar-refractivity contribution in [3.63, 3.8) is 0 Å². The summed E-state index contributed by atoms with van der Waals surface area (Å²) in [6.45, 7) is 3.23. The molecule has 0 radical (unpaired) electrons.